The molecule has 0 N–H and O–H groups in total. The standard InChI is InChI=1S/C15H13ClF2/c1-9(2)12-5-3-10(7-14(12)16)13-6-4-11(17)8-15(13)18/h3-9H,1-2H3. The van der Waals surface area contributed by atoms with Gasteiger partial charge in [-0.15, -0.1) is 0 Å². The summed E-state index contributed by atoms with van der Waals surface area (Å²) in [7, 11) is 0. The van der Waals surface area contributed by atoms with Crippen LogP contribution in [0.4, 0.5) is 8.78 Å². The Morgan fingerprint density at radius 2 is 1.72 bits per heavy atom. The third kappa shape index (κ3) is 2.54. The van der Waals surface area contributed by atoms with Crippen molar-refractivity contribution in [2.45, 2.75) is 19.8 Å². The smallest absolute Gasteiger partial charge is 0.133 e. The SMILES string of the molecule is CC(C)c1ccc(-c2ccc(F)cc2F)cc1Cl. The lowest BCUT2D eigenvalue weighted by Gasteiger charge is -2.10. The Labute approximate surface area is 110 Å². The highest BCUT2D eigenvalue weighted by atomic mass is 35.5. The van der Waals surface area contributed by atoms with E-state index in [0.717, 1.165) is 11.6 Å². The number of halogens is 3. The fourth-order valence-corrected chi connectivity index (χ4v) is 2.29. The molecule has 0 unspecified atom stereocenters. The van der Waals surface area contributed by atoms with Gasteiger partial charge < -0.3 is 0 Å². The maximum absolute atomic E-state index is 13.6. The van der Waals surface area contributed by atoms with Gasteiger partial charge in [0.15, 0.2) is 0 Å². The molecule has 0 aromatic heterocycles. The van der Waals surface area contributed by atoms with Crippen LogP contribution in [0.1, 0.15) is 25.3 Å². The van der Waals surface area contributed by atoms with E-state index in [1.807, 2.05) is 19.9 Å². The molecule has 0 amide bonds. The van der Waals surface area contributed by atoms with Crippen LogP contribution in [0, 0.1) is 11.6 Å². The highest BCUT2D eigenvalue weighted by molar-refractivity contribution is 6.31. The average Bonchev–Trinajstić information content (AvgIpc) is 2.28. The van der Waals surface area contributed by atoms with Gasteiger partial charge in [-0.05, 0) is 35.2 Å². The summed E-state index contributed by atoms with van der Waals surface area (Å²) in [6, 6.07) is 8.93. The first-order chi connectivity index (χ1) is 8.49. The van der Waals surface area contributed by atoms with Crippen molar-refractivity contribution in [2.24, 2.45) is 0 Å². The molecule has 2 aromatic rings. The van der Waals surface area contributed by atoms with Crippen molar-refractivity contribution in [2.75, 3.05) is 0 Å². The molecule has 2 rings (SSSR count). The Balaban J connectivity index is 2.49. The zero-order valence-electron chi connectivity index (χ0n) is 10.2. The van der Waals surface area contributed by atoms with Gasteiger partial charge in [-0.1, -0.05) is 37.6 Å². The van der Waals surface area contributed by atoms with Crippen LogP contribution in [-0.2, 0) is 0 Å². The average molecular weight is 267 g/mol. The first-order valence-corrected chi connectivity index (χ1v) is 6.11. The first kappa shape index (κ1) is 13.0. The fraction of sp³-hybridized carbons (Fsp3) is 0.200. The third-order valence-electron chi connectivity index (χ3n) is 2.86. The summed E-state index contributed by atoms with van der Waals surface area (Å²) in [5.41, 5.74) is 2.03. The highest BCUT2D eigenvalue weighted by Gasteiger charge is 2.10. The quantitative estimate of drug-likeness (QED) is 0.682. The van der Waals surface area contributed by atoms with Gasteiger partial charge in [0.05, 0.1) is 0 Å². The summed E-state index contributed by atoms with van der Waals surface area (Å²) in [6.07, 6.45) is 0. The Kier molecular flexibility index (Phi) is 3.67. The van der Waals surface area contributed by atoms with Gasteiger partial charge in [-0.3, -0.25) is 0 Å². The second kappa shape index (κ2) is 5.07. The van der Waals surface area contributed by atoms with Crippen LogP contribution < -0.4 is 0 Å². The molecule has 0 radical (unpaired) electrons. The van der Waals surface area contributed by atoms with Crippen molar-refractivity contribution in [1.82, 2.24) is 0 Å². The lowest BCUT2D eigenvalue weighted by Crippen LogP contribution is -1.91. The van der Waals surface area contributed by atoms with Crippen LogP contribution in [-0.4, -0.2) is 0 Å². The Bertz CT molecular complexity index is 577. The number of benzene rings is 2. The number of rotatable bonds is 2. The van der Waals surface area contributed by atoms with E-state index in [0.29, 0.717) is 22.1 Å². The summed E-state index contributed by atoms with van der Waals surface area (Å²) in [5.74, 6) is -0.853. The van der Waals surface area contributed by atoms with Gasteiger partial charge in [0.25, 0.3) is 0 Å². The minimum Gasteiger partial charge on any atom is -0.207 e. The van der Waals surface area contributed by atoms with E-state index in [-0.39, 0.29) is 0 Å². The molecule has 0 saturated carbocycles. The maximum atomic E-state index is 13.6. The van der Waals surface area contributed by atoms with Crippen LogP contribution in [0.25, 0.3) is 11.1 Å². The van der Waals surface area contributed by atoms with E-state index < -0.39 is 11.6 Å². The lowest BCUT2D eigenvalue weighted by atomic mass is 9.98. The second-order valence-corrected chi connectivity index (χ2v) is 4.92. The number of hydrogen-bond donors (Lipinski definition) is 0. The van der Waals surface area contributed by atoms with Gasteiger partial charge in [0.2, 0.25) is 0 Å². The van der Waals surface area contributed by atoms with E-state index in [1.54, 1.807) is 12.1 Å². The molecular weight excluding hydrogens is 254 g/mol. The molecule has 0 aliphatic rings. The Morgan fingerprint density at radius 1 is 1.00 bits per heavy atom. The van der Waals surface area contributed by atoms with Crippen molar-refractivity contribution in [3.05, 3.63) is 58.6 Å². The van der Waals surface area contributed by atoms with Gasteiger partial charge >= 0.3 is 0 Å². The van der Waals surface area contributed by atoms with Gasteiger partial charge in [-0.25, -0.2) is 8.78 Å². The molecular formula is C15H13ClF2. The molecule has 2 aromatic carbocycles. The van der Waals surface area contributed by atoms with Crippen molar-refractivity contribution in [3.63, 3.8) is 0 Å². The summed E-state index contributed by atoms with van der Waals surface area (Å²) in [4.78, 5) is 0. The molecule has 3 heteroatoms. The molecule has 0 aliphatic heterocycles. The van der Waals surface area contributed by atoms with E-state index in [2.05, 4.69) is 0 Å². The summed E-state index contributed by atoms with van der Waals surface area (Å²) < 4.78 is 26.5. The molecule has 94 valence electrons. The summed E-state index contributed by atoms with van der Waals surface area (Å²) in [6.45, 7) is 4.08. The zero-order chi connectivity index (χ0) is 13.3. The van der Waals surface area contributed by atoms with Crippen molar-refractivity contribution < 1.29 is 8.78 Å². The molecule has 0 spiro atoms. The zero-order valence-corrected chi connectivity index (χ0v) is 10.9. The minimum absolute atomic E-state index is 0.310. The molecule has 0 bridgehead atoms. The van der Waals surface area contributed by atoms with Crippen LogP contribution in [0.15, 0.2) is 36.4 Å². The maximum Gasteiger partial charge on any atom is 0.133 e. The molecule has 0 saturated heterocycles. The first-order valence-electron chi connectivity index (χ1n) is 5.74. The van der Waals surface area contributed by atoms with Crippen LogP contribution in [0.2, 0.25) is 5.02 Å². The van der Waals surface area contributed by atoms with E-state index in [4.69, 9.17) is 11.6 Å². The minimum atomic E-state index is -0.582. The topological polar surface area (TPSA) is 0 Å². The van der Waals surface area contributed by atoms with Crippen LogP contribution in [0.5, 0.6) is 0 Å². The van der Waals surface area contributed by atoms with Crippen LogP contribution >= 0.6 is 11.6 Å². The van der Waals surface area contributed by atoms with Gasteiger partial charge in [0, 0.05) is 16.7 Å². The highest BCUT2D eigenvalue weighted by Crippen LogP contribution is 2.31. The molecule has 0 fully saturated rings. The van der Waals surface area contributed by atoms with E-state index in [1.165, 1.54) is 12.1 Å². The van der Waals surface area contributed by atoms with Crippen molar-refractivity contribution >= 4 is 11.6 Å². The largest absolute Gasteiger partial charge is 0.207 e. The van der Waals surface area contributed by atoms with Gasteiger partial charge in [0.1, 0.15) is 11.6 Å². The van der Waals surface area contributed by atoms with E-state index >= 15 is 0 Å². The molecule has 0 heterocycles. The van der Waals surface area contributed by atoms with E-state index in [9.17, 15) is 8.78 Å². The predicted octanol–water partition coefficient (Wildman–Crippen LogP) is 5.41. The van der Waals surface area contributed by atoms with Gasteiger partial charge in [-0.2, -0.15) is 0 Å². The Hall–Kier alpha value is -1.41. The molecule has 18 heavy (non-hydrogen) atoms. The third-order valence-corrected chi connectivity index (χ3v) is 3.19. The normalized spacial score (nSPS) is 11.0. The molecule has 0 nitrogen and oxygen atoms in total. The number of hydrogen-bond acceptors (Lipinski definition) is 0. The molecule has 0 aliphatic carbocycles. The molecule has 0 atom stereocenters. The van der Waals surface area contributed by atoms with Crippen molar-refractivity contribution in [1.29, 1.82) is 0 Å². The lowest BCUT2D eigenvalue weighted by molar-refractivity contribution is 0.585. The summed E-state index contributed by atoms with van der Waals surface area (Å²) in [5, 5.41) is 0.603. The monoisotopic (exact) mass is 266 g/mol. The van der Waals surface area contributed by atoms with Crippen LogP contribution in [0.3, 0.4) is 0 Å². The fourth-order valence-electron chi connectivity index (χ4n) is 1.89. The predicted molar refractivity (Wildman–Crippen MR) is 70.9 cm³/mol. The Morgan fingerprint density at radius 3 is 2.28 bits per heavy atom. The van der Waals surface area contributed by atoms with Crippen molar-refractivity contribution in [3.8, 4) is 11.1 Å². The summed E-state index contributed by atoms with van der Waals surface area (Å²) >= 11 is 6.16. The second-order valence-electron chi connectivity index (χ2n) is 4.52.